The molecular formula is C17H19BrN3O2S+. The van der Waals surface area contributed by atoms with Crippen LogP contribution in [0.3, 0.4) is 0 Å². The van der Waals surface area contributed by atoms with Crippen molar-refractivity contribution in [2.45, 2.75) is 10.9 Å². The third kappa shape index (κ3) is 5.99. The monoisotopic (exact) mass is 408 g/mol. The molecule has 0 saturated carbocycles. The quantitative estimate of drug-likeness (QED) is 0.483. The first kappa shape index (κ1) is 18.5. The number of halogens is 1. The van der Waals surface area contributed by atoms with Crippen LogP contribution in [0.25, 0.3) is 0 Å². The van der Waals surface area contributed by atoms with Crippen LogP contribution in [0.15, 0.2) is 64.0 Å². The summed E-state index contributed by atoms with van der Waals surface area (Å²) in [5.74, 6) is 0.441. The van der Waals surface area contributed by atoms with Gasteiger partial charge in [0, 0.05) is 20.7 Å². The minimum Gasteiger partial charge on any atom is -0.351 e. The molecular weight excluding hydrogens is 390 g/mol. The second-order valence-corrected chi connectivity index (χ2v) is 7.15. The highest BCUT2D eigenvalue weighted by Gasteiger charge is 2.24. The highest BCUT2D eigenvalue weighted by molar-refractivity contribution is 9.10. The first-order valence-electron chi connectivity index (χ1n) is 7.43. The molecule has 0 saturated heterocycles. The standard InChI is InChI=1S/C17H18BrN3O2S/c18-13-6-8-14(9-7-13)24-11-10-20-15(16(22)21-17(19)23)12-4-2-1-3-5-12/h1-9,15,20H,10-11H2,(H3,19,21,22,23)/p+1/t15-/m0/s1. The molecule has 0 aliphatic heterocycles. The Morgan fingerprint density at radius 1 is 1.12 bits per heavy atom. The second kappa shape index (κ2) is 9.46. The van der Waals surface area contributed by atoms with Crippen LogP contribution >= 0.6 is 27.7 Å². The number of benzene rings is 2. The molecule has 0 fully saturated rings. The zero-order valence-electron chi connectivity index (χ0n) is 12.9. The zero-order valence-corrected chi connectivity index (χ0v) is 15.3. The third-order valence-corrected chi connectivity index (χ3v) is 4.86. The number of primary amides is 1. The molecule has 24 heavy (non-hydrogen) atoms. The van der Waals surface area contributed by atoms with Gasteiger partial charge in [0.05, 0.1) is 6.54 Å². The number of quaternary nitrogens is 1. The van der Waals surface area contributed by atoms with Crippen molar-refractivity contribution in [2.24, 2.45) is 5.73 Å². The molecule has 0 bridgehead atoms. The highest BCUT2D eigenvalue weighted by atomic mass is 79.9. The fourth-order valence-corrected chi connectivity index (χ4v) is 3.28. The SMILES string of the molecule is NC(=O)NC(=O)[C@@H]([NH2+]CCSc1ccc(Br)cc1)c1ccccc1. The van der Waals surface area contributed by atoms with Crippen LogP contribution in [-0.4, -0.2) is 24.2 Å². The number of nitrogens with one attached hydrogen (secondary N) is 1. The number of carbonyl (C=O) groups is 2. The number of rotatable bonds is 7. The van der Waals surface area contributed by atoms with Gasteiger partial charge in [0.15, 0.2) is 6.04 Å². The Kier molecular flexibility index (Phi) is 7.30. The molecule has 5 nitrogen and oxygen atoms in total. The van der Waals surface area contributed by atoms with Gasteiger partial charge in [0.2, 0.25) is 0 Å². The first-order chi connectivity index (χ1) is 11.6. The van der Waals surface area contributed by atoms with Crippen LogP contribution in [0, 0.1) is 0 Å². The van der Waals surface area contributed by atoms with Crippen LogP contribution in [0.5, 0.6) is 0 Å². The summed E-state index contributed by atoms with van der Waals surface area (Å²) < 4.78 is 1.05. The summed E-state index contributed by atoms with van der Waals surface area (Å²) >= 11 is 5.13. The Hall–Kier alpha value is -1.83. The molecule has 1 atom stereocenters. The van der Waals surface area contributed by atoms with Gasteiger partial charge in [-0.3, -0.25) is 10.1 Å². The number of amides is 3. The van der Waals surface area contributed by atoms with Crippen LogP contribution in [0.1, 0.15) is 11.6 Å². The number of hydrogen-bond acceptors (Lipinski definition) is 3. The Morgan fingerprint density at radius 3 is 2.42 bits per heavy atom. The first-order valence-corrected chi connectivity index (χ1v) is 9.21. The van der Waals surface area contributed by atoms with Crippen molar-refractivity contribution >= 4 is 39.6 Å². The Balaban J connectivity index is 1.92. The van der Waals surface area contributed by atoms with Gasteiger partial charge in [-0.2, -0.15) is 0 Å². The lowest BCUT2D eigenvalue weighted by atomic mass is 10.1. The maximum atomic E-state index is 12.2. The lowest BCUT2D eigenvalue weighted by Gasteiger charge is -2.14. The molecule has 2 rings (SSSR count). The van der Waals surface area contributed by atoms with E-state index in [1.165, 1.54) is 4.90 Å². The van der Waals surface area contributed by atoms with Crippen molar-refractivity contribution in [2.75, 3.05) is 12.3 Å². The van der Waals surface area contributed by atoms with Crippen molar-refractivity contribution in [3.05, 3.63) is 64.6 Å². The molecule has 0 aliphatic rings. The number of urea groups is 1. The molecule has 0 radical (unpaired) electrons. The van der Waals surface area contributed by atoms with Crippen molar-refractivity contribution in [1.29, 1.82) is 0 Å². The lowest BCUT2D eigenvalue weighted by Crippen LogP contribution is -2.88. The van der Waals surface area contributed by atoms with Crippen LogP contribution in [0.4, 0.5) is 4.79 Å². The average Bonchev–Trinajstić information content (AvgIpc) is 2.56. The number of thioether (sulfide) groups is 1. The summed E-state index contributed by atoms with van der Waals surface area (Å²) in [4.78, 5) is 24.3. The van der Waals surface area contributed by atoms with E-state index in [2.05, 4.69) is 21.2 Å². The fourth-order valence-electron chi connectivity index (χ4n) is 2.20. The van der Waals surface area contributed by atoms with Gasteiger partial charge < -0.3 is 11.1 Å². The van der Waals surface area contributed by atoms with E-state index in [4.69, 9.17) is 5.73 Å². The van der Waals surface area contributed by atoms with Crippen LogP contribution in [-0.2, 0) is 4.79 Å². The molecule has 0 unspecified atom stereocenters. The maximum absolute atomic E-state index is 12.2. The zero-order chi connectivity index (χ0) is 17.4. The molecule has 3 amide bonds. The third-order valence-electron chi connectivity index (χ3n) is 3.29. The van der Waals surface area contributed by atoms with Crippen LogP contribution < -0.4 is 16.4 Å². The molecule has 2 aromatic rings. The summed E-state index contributed by atoms with van der Waals surface area (Å²) in [6, 6.07) is 16.1. The van der Waals surface area contributed by atoms with Crippen molar-refractivity contribution in [3.63, 3.8) is 0 Å². The van der Waals surface area contributed by atoms with E-state index in [9.17, 15) is 9.59 Å². The van der Waals surface area contributed by atoms with E-state index in [1.54, 1.807) is 11.8 Å². The number of hydrogen-bond donors (Lipinski definition) is 3. The maximum Gasteiger partial charge on any atom is 0.319 e. The lowest BCUT2D eigenvalue weighted by molar-refractivity contribution is -0.679. The highest BCUT2D eigenvalue weighted by Crippen LogP contribution is 2.19. The summed E-state index contributed by atoms with van der Waals surface area (Å²) in [6.07, 6.45) is 0. The molecule has 126 valence electrons. The van der Waals surface area contributed by atoms with E-state index >= 15 is 0 Å². The molecule has 0 aliphatic carbocycles. The van der Waals surface area contributed by atoms with Gasteiger partial charge in [0.1, 0.15) is 0 Å². The van der Waals surface area contributed by atoms with Gasteiger partial charge in [-0.1, -0.05) is 46.3 Å². The normalized spacial score (nSPS) is 11.7. The smallest absolute Gasteiger partial charge is 0.319 e. The van der Waals surface area contributed by atoms with Crippen molar-refractivity contribution in [1.82, 2.24) is 5.32 Å². The predicted octanol–water partition coefficient (Wildman–Crippen LogP) is 2.04. The summed E-state index contributed by atoms with van der Waals surface area (Å²) in [5, 5.41) is 4.08. The van der Waals surface area contributed by atoms with Crippen molar-refractivity contribution < 1.29 is 14.9 Å². The molecule has 7 heteroatoms. The predicted molar refractivity (Wildman–Crippen MR) is 98.6 cm³/mol. The summed E-state index contributed by atoms with van der Waals surface area (Å²) in [7, 11) is 0. The second-order valence-electron chi connectivity index (χ2n) is 5.07. The number of imide groups is 1. The van der Waals surface area contributed by atoms with Gasteiger partial charge in [-0.25, -0.2) is 4.79 Å². The Bertz CT molecular complexity index is 680. The number of carbonyl (C=O) groups excluding carboxylic acids is 2. The van der Waals surface area contributed by atoms with Gasteiger partial charge in [0.25, 0.3) is 5.91 Å². The van der Waals surface area contributed by atoms with E-state index < -0.39 is 18.0 Å². The topological polar surface area (TPSA) is 88.8 Å². The van der Waals surface area contributed by atoms with Gasteiger partial charge >= 0.3 is 6.03 Å². The summed E-state index contributed by atoms with van der Waals surface area (Å²) in [6.45, 7) is 0.729. The Morgan fingerprint density at radius 2 is 1.79 bits per heavy atom. The molecule has 0 heterocycles. The van der Waals surface area contributed by atoms with E-state index in [0.717, 1.165) is 22.3 Å². The van der Waals surface area contributed by atoms with Gasteiger partial charge in [-0.05, 0) is 24.3 Å². The van der Waals surface area contributed by atoms with E-state index in [-0.39, 0.29) is 0 Å². The number of nitrogens with two attached hydrogens (primary N) is 2. The van der Waals surface area contributed by atoms with Crippen molar-refractivity contribution in [3.8, 4) is 0 Å². The van der Waals surface area contributed by atoms with E-state index in [1.807, 2.05) is 59.9 Å². The molecule has 2 aromatic carbocycles. The summed E-state index contributed by atoms with van der Waals surface area (Å²) in [5.41, 5.74) is 5.90. The minimum absolute atomic E-state index is 0.401. The fraction of sp³-hybridized carbons (Fsp3) is 0.176. The molecule has 0 spiro atoms. The average molecular weight is 409 g/mol. The van der Waals surface area contributed by atoms with E-state index in [0.29, 0.717) is 0 Å². The van der Waals surface area contributed by atoms with Crippen LogP contribution in [0.2, 0.25) is 0 Å². The molecule has 0 aromatic heterocycles. The Labute approximate surface area is 153 Å². The minimum atomic E-state index is -0.835. The van der Waals surface area contributed by atoms with Gasteiger partial charge in [-0.15, -0.1) is 11.8 Å². The largest absolute Gasteiger partial charge is 0.351 e. The molecule has 5 N–H and O–H groups in total.